The molecule has 6 nitrogen and oxygen atoms in total. The number of aryl methyl sites for hydroxylation is 1. The SMILES string of the molecule is C[C@H]1CCc2c(N3CCC(O)CC3)c(F)cc3c(=O)c(C(=O)O)cn1c23.[NaH]. The van der Waals surface area contributed by atoms with Gasteiger partial charge in [-0.05, 0) is 38.7 Å². The molecule has 2 aromatic rings. The van der Waals surface area contributed by atoms with Crippen molar-refractivity contribution in [3.8, 4) is 0 Å². The van der Waals surface area contributed by atoms with Crippen molar-refractivity contribution in [1.29, 1.82) is 0 Å². The zero-order chi connectivity index (χ0) is 18.6. The van der Waals surface area contributed by atoms with Gasteiger partial charge in [-0.3, -0.25) is 4.79 Å². The van der Waals surface area contributed by atoms with Crippen LogP contribution in [0.4, 0.5) is 10.1 Å². The van der Waals surface area contributed by atoms with Gasteiger partial charge in [-0.15, -0.1) is 0 Å². The third-order valence-electron chi connectivity index (χ3n) is 5.64. The fourth-order valence-electron chi connectivity index (χ4n) is 4.22. The zero-order valence-electron chi connectivity index (χ0n) is 14.5. The van der Waals surface area contributed by atoms with Crippen LogP contribution in [0.2, 0.25) is 0 Å². The Bertz CT molecular complexity index is 967. The summed E-state index contributed by atoms with van der Waals surface area (Å²) in [6.45, 7) is 3.09. The summed E-state index contributed by atoms with van der Waals surface area (Å²) in [6, 6.07) is 1.22. The van der Waals surface area contributed by atoms with Crippen molar-refractivity contribution in [3.63, 3.8) is 0 Å². The van der Waals surface area contributed by atoms with Crippen molar-refractivity contribution in [2.24, 2.45) is 0 Å². The molecule has 2 aliphatic rings. The van der Waals surface area contributed by atoms with E-state index in [0.717, 1.165) is 12.0 Å². The van der Waals surface area contributed by atoms with Crippen LogP contribution in [-0.2, 0) is 6.42 Å². The molecular weight excluding hydrogens is 362 g/mol. The third-order valence-corrected chi connectivity index (χ3v) is 5.64. The second kappa shape index (κ2) is 7.54. The van der Waals surface area contributed by atoms with Gasteiger partial charge in [0, 0.05) is 36.3 Å². The number of nitrogens with zero attached hydrogens (tertiary/aromatic N) is 2. The average molecular weight is 384 g/mol. The monoisotopic (exact) mass is 384 g/mol. The number of aromatic carboxylic acids is 1. The summed E-state index contributed by atoms with van der Waals surface area (Å²) in [7, 11) is 0. The predicted octanol–water partition coefficient (Wildman–Crippen LogP) is 1.66. The van der Waals surface area contributed by atoms with E-state index in [-0.39, 0.29) is 52.7 Å². The number of aliphatic hydroxyl groups is 1. The van der Waals surface area contributed by atoms with Gasteiger partial charge in [0.1, 0.15) is 11.4 Å². The molecule has 1 atom stereocenters. The molecule has 1 fully saturated rings. The molecule has 0 unspecified atom stereocenters. The number of hydrogen-bond donors (Lipinski definition) is 2. The molecule has 1 saturated heterocycles. The van der Waals surface area contributed by atoms with Gasteiger partial charge in [-0.1, -0.05) is 0 Å². The van der Waals surface area contributed by atoms with E-state index < -0.39 is 17.2 Å². The van der Waals surface area contributed by atoms with Crippen molar-refractivity contribution in [2.75, 3.05) is 18.0 Å². The normalized spacial score (nSPS) is 19.8. The first-order valence-corrected chi connectivity index (χ1v) is 8.95. The molecule has 0 saturated carbocycles. The molecule has 0 radical (unpaired) electrons. The second-order valence-electron chi connectivity index (χ2n) is 7.27. The number of anilines is 1. The number of aromatic nitrogens is 1. The molecule has 4 rings (SSSR count). The molecule has 0 aliphatic carbocycles. The average Bonchev–Trinajstić information content (AvgIpc) is 2.60. The van der Waals surface area contributed by atoms with Crippen LogP contribution in [0.25, 0.3) is 10.9 Å². The number of pyridine rings is 1. The number of hydrogen-bond acceptors (Lipinski definition) is 4. The van der Waals surface area contributed by atoms with Crippen molar-refractivity contribution in [3.05, 3.63) is 39.4 Å². The third kappa shape index (κ3) is 3.31. The van der Waals surface area contributed by atoms with Crippen LogP contribution in [0.1, 0.15) is 48.1 Å². The van der Waals surface area contributed by atoms with Gasteiger partial charge in [-0.2, -0.15) is 0 Å². The van der Waals surface area contributed by atoms with E-state index in [4.69, 9.17) is 0 Å². The first-order chi connectivity index (χ1) is 12.4. The molecule has 2 N–H and O–H groups in total. The molecule has 140 valence electrons. The van der Waals surface area contributed by atoms with Crippen LogP contribution >= 0.6 is 0 Å². The topological polar surface area (TPSA) is 82.8 Å². The molecule has 0 bridgehead atoms. The Morgan fingerprint density at radius 2 is 1.93 bits per heavy atom. The van der Waals surface area contributed by atoms with Gasteiger partial charge in [-0.25, -0.2) is 9.18 Å². The van der Waals surface area contributed by atoms with E-state index in [1.165, 1.54) is 12.3 Å². The number of rotatable bonds is 2. The van der Waals surface area contributed by atoms with E-state index in [0.29, 0.717) is 43.6 Å². The standard InChI is InChI=1S/C19H21FN2O4.Na.H/c1-10-2-3-12-16-13(18(24)14(19(25)26)9-22(10)16)8-15(20)17(12)21-6-4-11(23)5-7-21;;/h8-11,23H,2-7H2,1H3,(H,25,26);;/t10-;;/m0../s1. The van der Waals surface area contributed by atoms with E-state index in [1.54, 1.807) is 4.57 Å². The quantitative estimate of drug-likeness (QED) is 0.770. The molecule has 8 heteroatoms. The molecule has 0 amide bonds. The Hall–Kier alpha value is -1.41. The fourth-order valence-corrected chi connectivity index (χ4v) is 4.22. The van der Waals surface area contributed by atoms with E-state index in [9.17, 15) is 19.8 Å². The van der Waals surface area contributed by atoms with Crippen molar-refractivity contribution < 1.29 is 19.4 Å². The summed E-state index contributed by atoms with van der Waals surface area (Å²) in [5.74, 6) is -1.79. The number of carboxylic acids is 1. The molecule has 3 heterocycles. The van der Waals surface area contributed by atoms with Gasteiger partial charge in [0.05, 0.1) is 17.3 Å². The number of carbonyl (C=O) groups is 1. The Morgan fingerprint density at radius 1 is 1.26 bits per heavy atom. The summed E-state index contributed by atoms with van der Waals surface area (Å²) < 4.78 is 16.8. The number of piperidine rings is 1. The second-order valence-corrected chi connectivity index (χ2v) is 7.27. The minimum absolute atomic E-state index is 0. The van der Waals surface area contributed by atoms with Crippen LogP contribution in [0.3, 0.4) is 0 Å². The van der Waals surface area contributed by atoms with Crippen molar-refractivity contribution in [1.82, 2.24) is 4.57 Å². The Kier molecular flexibility index (Phi) is 5.68. The summed E-state index contributed by atoms with van der Waals surface area (Å²) in [5, 5.41) is 19.2. The van der Waals surface area contributed by atoms with Gasteiger partial charge in [0.15, 0.2) is 0 Å². The zero-order valence-corrected chi connectivity index (χ0v) is 14.5. The molecule has 1 aromatic carbocycles. The van der Waals surface area contributed by atoms with Crippen molar-refractivity contribution >= 4 is 52.1 Å². The summed E-state index contributed by atoms with van der Waals surface area (Å²) in [5.41, 5.74) is 0.932. The Morgan fingerprint density at radius 3 is 2.56 bits per heavy atom. The Labute approximate surface area is 177 Å². The van der Waals surface area contributed by atoms with E-state index in [1.807, 2.05) is 11.8 Å². The first kappa shape index (κ1) is 20.3. The summed E-state index contributed by atoms with van der Waals surface area (Å²) in [4.78, 5) is 26.0. The number of halogens is 1. The fraction of sp³-hybridized carbons (Fsp3) is 0.474. The maximum absolute atomic E-state index is 15.0. The molecule has 27 heavy (non-hydrogen) atoms. The van der Waals surface area contributed by atoms with Crippen LogP contribution in [0.15, 0.2) is 17.1 Å². The summed E-state index contributed by atoms with van der Waals surface area (Å²) >= 11 is 0. The summed E-state index contributed by atoms with van der Waals surface area (Å²) in [6.07, 6.45) is 3.58. The molecule has 0 spiro atoms. The van der Waals surface area contributed by atoms with Gasteiger partial charge >= 0.3 is 35.5 Å². The van der Waals surface area contributed by atoms with Gasteiger partial charge in [0.25, 0.3) is 0 Å². The van der Waals surface area contributed by atoms with E-state index in [2.05, 4.69) is 0 Å². The Balaban J connectivity index is 0.00000210. The van der Waals surface area contributed by atoms with Crippen LogP contribution in [-0.4, -0.2) is 69.5 Å². The predicted molar refractivity (Wildman–Crippen MR) is 103 cm³/mol. The number of aliphatic hydroxyl groups excluding tert-OH is 1. The first-order valence-electron chi connectivity index (χ1n) is 8.95. The van der Waals surface area contributed by atoms with Crippen LogP contribution in [0, 0.1) is 5.82 Å². The maximum atomic E-state index is 15.0. The number of carboxylic acid groups (broad SMARTS) is 1. The minimum atomic E-state index is -1.30. The van der Waals surface area contributed by atoms with E-state index >= 15 is 4.39 Å². The van der Waals surface area contributed by atoms with Gasteiger partial charge in [0.2, 0.25) is 5.43 Å². The van der Waals surface area contributed by atoms with Crippen LogP contribution in [0.5, 0.6) is 0 Å². The van der Waals surface area contributed by atoms with Crippen LogP contribution < -0.4 is 10.3 Å². The van der Waals surface area contributed by atoms with Crippen molar-refractivity contribution in [2.45, 2.75) is 44.8 Å². The number of benzene rings is 1. The molecular formula is C19H22FN2NaO4. The molecule has 1 aromatic heterocycles. The van der Waals surface area contributed by atoms with Gasteiger partial charge < -0.3 is 19.7 Å². The molecule has 2 aliphatic heterocycles.